The summed E-state index contributed by atoms with van der Waals surface area (Å²) in [5, 5.41) is 34.5. The van der Waals surface area contributed by atoms with Gasteiger partial charge in [0.1, 0.15) is 6.10 Å². The average molecular weight is 220 g/mol. The molecule has 0 heterocycles. The predicted octanol–water partition coefficient (Wildman–Crippen LogP) is 0.473. The van der Waals surface area contributed by atoms with Gasteiger partial charge in [-0.2, -0.15) is 0 Å². The van der Waals surface area contributed by atoms with Crippen LogP contribution in [0, 0.1) is 0 Å². The number of rotatable bonds is 9. The lowest BCUT2D eigenvalue weighted by Gasteiger charge is -2.11. The predicted molar refractivity (Wildman–Crippen MR) is 54.2 cm³/mol. The summed E-state index contributed by atoms with van der Waals surface area (Å²) in [6.07, 6.45) is 1.93. The lowest BCUT2D eigenvalue weighted by atomic mass is 10.1. The number of unbranched alkanes of at least 4 members (excludes halogenated alkanes) is 4. The average Bonchev–Trinajstić information content (AvgIpc) is 2.15. The Hall–Kier alpha value is -0.650. The minimum Gasteiger partial charge on any atom is -0.481 e. The van der Waals surface area contributed by atoms with E-state index in [4.69, 9.17) is 20.4 Å². The van der Waals surface area contributed by atoms with Gasteiger partial charge >= 0.3 is 5.97 Å². The molecule has 1 unspecified atom stereocenters. The summed E-state index contributed by atoms with van der Waals surface area (Å²) in [5.41, 5.74) is 0. The second-order valence-corrected chi connectivity index (χ2v) is 3.68. The van der Waals surface area contributed by atoms with Gasteiger partial charge in [-0.3, -0.25) is 4.79 Å². The maximum atomic E-state index is 10.2. The van der Waals surface area contributed by atoms with E-state index in [1.807, 2.05) is 0 Å². The molecular formula is C10H20O5. The van der Waals surface area contributed by atoms with Gasteiger partial charge < -0.3 is 20.4 Å². The van der Waals surface area contributed by atoms with Crippen LogP contribution in [-0.2, 0) is 4.79 Å². The molecule has 0 aliphatic rings. The SMILES string of the molecule is O=C(O)CCCCCCCC(O)C(O)O. The summed E-state index contributed by atoms with van der Waals surface area (Å²) in [6.45, 7) is 0. The Bertz CT molecular complexity index is 169. The summed E-state index contributed by atoms with van der Waals surface area (Å²) < 4.78 is 0. The lowest BCUT2D eigenvalue weighted by Crippen LogP contribution is -2.24. The van der Waals surface area contributed by atoms with Gasteiger partial charge in [0.15, 0.2) is 6.29 Å². The van der Waals surface area contributed by atoms with Gasteiger partial charge in [-0.15, -0.1) is 0 Å². The quantitative estimate of drug-likeness (QED) is 0.334. The summed E-state index contributed by atoms with van der Waals surface area (Å²) in [7, 11) is 0. The van der Waals surface area contributed by atoms with Crippen molar-refractivity contribution in [3.05, 3.63) is 0 Å². The third-order valence-electron chi connectivity index (χ3n) is 2.23. The molecule has 0 spiro atoms. The standard InChI is InChI=1S/C10H20O5/c11-8(10(14)15)6-4-2-1-3-5-7-9(12)13/h8,10-11,14-15H,1-7H2,(H,12,13). The summed E-state index contributed by atoms with van der Waals surface area (Å²) in [4.78, 5) is 10.2. The van der Waals surface area contributed by atoms with Crippen molar-refractivity contribution in [2.75, 3.05) is 0 Å². The number of carboxylic acid groups (broad SMARTS) is 1. The highest BCUT2D eigenvalue weighted by Gasteiger charge is 2.11. The van der Waals surface area contributed by atoms with E-state index in [1.54, 1.807) is 0 Å². The van der Waals surface area contributed by atoms with Crippen molar-refractivity contribution >= 4 is 5.97 Å². The minimum atomic E-state index is -1.66. The number of aliphatic hydroxyl groups excluding tert-OH is 2. The normalized spacial score (nSPS) is 13.1. The number of hydrogen-bond acceptors (Lipinski definition) is 4. The zero-order chi connectivity index (χ0) is 11.7. The molecule has 5 nitrogen and oxygen atoms in total. The van der Waals surface area contributed by atoms with Crippen LogP contribution in [-0.4, -0.2) is 38.8 Å². The highest BCUT2D eigenvalue weighted by atomic mass is 16.5. The second kappa shape index (κ2) is 8.64. The zero-order valence-corrected chi connectivity index (χ0v) is 8.80. The van der Waals surface area contributed by atoms with Gasteiger partial charge in [0.2, 0.25) is 0 Å². The molecule has 0 aliphatic heterocycles. The first kappa shape index (κ1) is 14.3. The lowest BCUT2D eigenvalue weighted by molar-refractivity contribution is -0.137. The van der Waals surface area contributed by atoms with Crippen molar-refractivity contribution in [3.63, 3.8) is 0 Å². The van der Waals surface area contributed by atoms with E-state index in [9.17, 15) is 4.79 Å². The first-order valence-electron chi connectivity index (χ1n) is 5.30. The van der Waals surface area contributed by atoms with Crippen LogP contribution in [0.5, 0.6) is 0 Å². The van der Waals surface area contributed by atoms with Crippen molar-refractivity contribution in [1.29, 1.82) is 0 Å². The fourth-order valence-corrected chi connectivity index (χ4v) is 1.31. The Labute approximate surface area is 89.4 Å². The fraction of sp³-hybridized carbons (Fsp3) is 0.900. The Morgan fingerprint density at radius 1 is 0.933 bits per heavy atom. The van der Waals surface area contributed by atoms with E-state index in [-0.39, 0.29) is 6.42 Å². The highest BCUT2D eigenvalue weighted by molar-refractivity contribution is 5.66. The summed E-state index contributed by atoms with van der Waals surface area (Å²) in [6, 6.07) is 0. The molecule has 0 saturated carbocycles. The molecule has 0 radical (unpaired) electrons. The minimum absolute atomic E-state index is 0.206. The first-order chi connectivity index (χ1) is 7.04. The maximum absolute atomic E-state index is 10.2. The number of aliphatic hydroxyl groups is 3. The van der Waals surface area contributed by atoms with Crippen LogP contribution >= 0.6 is 0 Å². The second-order valence-electron chi connectivity index (χ2n) is 3.68. The molecule has 0 bridgehead atoms. The molecule has 5 heteroatoms. The van der Waals surface area contributed by atoms with Crippen molar-refractivity contribution in [3.8, 4) is 0 Å². The van der Waals surface area contributed by atoms with E-state index in [0.717, 1.165) is 25.7 Å². The molecule has 0 fully saturated rings. The van der Waals surface area contributed by atoms with Crippen molar-refractivity contribution in [1.82, 2.24) is 0 Å². The molecule has 90 valence electrons. The topological polar surface area (TPSA) is 98.0 Å². The third kappa shape index (κ3) is 9.65. The highest BCUT2D eigenvalue weighted by Crippen LogP contribution is 2.09. The van der Waals surface area contributed by atoms with Crippen LogP contribution in [0.3, 0.4) is 0 Å². The Kier molecular flexibility index (Phi) is 8.27. The van der Waals surface area contributed by atoms with E-state index < -0.39 is 18.4 Å². The molecule has 0 amide bonds. The molecule has 0 aromatic carbocycles. The maximum Gasteiger partial charge on any atom is 0.303 e. The van der Waals surface area contributed by atoms with Crippen LogP contribution in [0.2, 0.25) is 0 Å². The van der Waals surface area contributed by atoms with Crippen LogP contribution in [0.15, 0.2) is 0 Å². The van der Waals surface area contributed by atoms with Gasteiger partial charge in [0, 0.05) is 6.42 Å². The molecule has 0 aromatic heterocycles. The van der Waals surface area contributed by atoms with Crippen LogP contribution in [0.4, 0.5) is 0 Å². The van der Waals surface area contributed by atoms with Crippen LogP contribution < -0.4 is 0 Å². The van der Waals surface area contributed by atoms with Gasteiger partial charge in [0.25, 0.3) is 0 Å². The molecule has 0 rings (SSSR count). The fourth-order valence-electron chi connectivity index (χ4n) is 1.31. The number of carboxylic acids is 1. The summed E-state index contributed by atoms with van der Waals surface area (Å²) >= 11 is 0. The monoisotopic (exact) mass is 220 g/mol. The van der Waals surface area contributed by atoms with Crippen molar-refractivity contribution in [2.24, 2.45) is 0 Å². The van der Waals surface area contributed by atoms with Crippen molar-refractivity contribution in [2.45, 2.75) is 57.3 Å². The zero-order valence-electron chi connectivity index (χ0n) is 8.80. The van der Waals surface area contributed by atoms with E-state index >= 15 is 0 Å². The Morgan fingerprint density at radius 2 is 1.47 bits per heavy atom. The molecule has 0 saturated heterocycles. The molecular weight excluding hydrogens is 200 g/mol. The number of carbonyl (C=O) groups is 1. The molecule has 15 heavy (non-hydrogen) atoms. The summed E-state index contributed by atoms with van der Waals surface area (Å²) in [5.74, 6) is -0.770. The molecule has 0 aromatic rings. The molecule has 1 atom stereocenters. The number of aliphatic carboxylic acids is 1. The van der Waals surface area contributed by atoms with Crippen molar-refractivity contribution < 1.29 is 25.2 Å². The van der Waals surface area contributed by atoms with Gasteiger partial charge in [-0.1, -0.05) is 25.7 Å². The van der Waals surface area contributed by atoms with Gasteiger partial charge in [0.05, 0.1) is 0 Å². The van der Waals surface area contributed by atoms with Gasteiger partial charge in [-0.05, 0) is 12.8 Å². The van der Waals surface area contributed by atoms with Crippen LogP contribution in [0.1, 0.15) is 44.9 Å². The Morgan fingerprint density at radius 3 is 2.00 bits per heavy atom. The van der Waals surface area contributed by atoms with E-state index in [1.165, 1.54) is 0 Å². The van der Waals surface area contributed by atoms with Crippen LogP contribution in [0.25, 0.3) is 0 Å². The smallest absolute Gasteiger partial charge is 0.303 e. The first-order valence-corrected chi connectivity index (χ1v) is 5.30. The van der Waals surface area contributed by atoms with E-state index in [2.05, 4.69) is 0 Å². The number of hydrogen-bond donors (Lipinski definition) is 4. The van der Waals surface area contributed by atoms with E-state index in [0.29, 0.717) is 12.8 Å². The molecule has 4 N–H and O–H groups in total. The molecule has 0 aliphatic carbocycles. The Balaban J connectivity index is 3.15. The third-order valence-corrected chi connectivity index (χ3v) is 2.23. The van der Waals surface area contributed by atoms with Gasteiger partial charge in [-0.25, -0.2) is 0 Å². The largest absolute Gasteiger partial charge is 0.481 e.